The molecule has 1 saturated carbocycles. The van der Waals surface area contributed by atoms with Crippen LogP contribution in [0.2, 0.25) is 0 Å². The summed E-state index contributed by atoms with van der Waals surface area (Å²) >= 11 is 0. The molecule has 2 N–H and O–H groups in total. The molecule has 3 nitrogen and oxygen atoms in total. The lowest BCUT2D eigenvalue weighted by Gasteiger charge is -2.21. The Morgan fingerprint density at radius 2 is 2.23 bits per heavy atom. The molecule has 0 aromatic carbocycles. The molecule has 0 spiro atoms. The molecule has 0 atom stereocenters. The molecule has 0 aliphatic heterocycles. The molecule has 0 unspecified atom stereocenters. The van der Waals surface area contributed by atoms with Gasteiger partial charge in [0.15, 0.2) is 0 Å². The minimum Gasteiger partial charge on any atom is -0.325 e. The van der Waals surface area contributed by atoms with Gasteiger partial charge in [0.1, 0.15) is 0 Å². The van der Waals surface area contributed by atoms with E-state index in [1.54, 1.807) is 0 Å². The van der Waals surface area contributed by atoms with Crippen LogP contribution < -0.4 is 5.73 Å². The molecule has 0 saturated heterocycles. The van der Waals surface area contributed by atoms with E-state index in [9.17, 15) is 0 Å². The van der Waals surface area contributed by atoms with Crippen LogP contribution >= 0.6 is 0 Å². The predicted octanol–water partition coefficient (Wildman–Crippen LogP) is 1.23. The fourth-order valence-corrected chi connectivity index (χ4v) is 2.17. The van der Waals surface area contributed by atoms with Crippen LogP contribution in [0.5, 0.6) is 0 Å². The fraction of sp³-hybridized carbons (Fsp3) is 0.700. The van der Waals surface area contributed by atoms with Crippen molar-refractivity contribution in [2.24, 2.45) is 12.8 Å². The zero-order valence-corrected chi connectivity index (χ0v) is 8.16. The van der Waals surface area contributed by atoms with Gasteiger partial charge in [-0.25, -0.2) is 0 Å². The van der Waals surface area contributed by atoms with E-state index in [2.05, 4.69) is 11.2 Å². The first-order valence-electron chi connectivity index (χ1n) is 4.95. The maximum absolute atomic E-state index is 6.25. The van der Waals surface area contributed by atoms with Crippen molar-refractivity contribution in [1.29, 1.82) is 0 Å². The van der Waals surface area contributed by atoms with Gasteiger partial charge < -0.3 is 5.73 Å². The minimum atomic E-state index is 0.0361. The summed E-state index contributed by atoms with van der Waals surface area (Å²) in [6.45, 7) is 0. The number of hydrogen-bond donors (Lipinski definition) is 1. The second-order valence-electron chi connectivity index (χ2n) is 4.23. The molecule has 1 fully saturated rings. The van der Waals surface area contributed by atoms with Gasteiger partial charge in [0.05, 0.1) is 5.69 Å². The Kier molecular flexibility index (Phi) is 2.12. The molecule has 0 bridgehead atoms. The van der Waals surface area contributed by atoms with Crippen LogP contribution in [0.4, 0.5) is 0 Å². The van der Waals surface area contributed by atoms with Gasteiger partial charge >= 0.3 is 0 Å². The van der Waals surface area contributed by atoms with Crippen molar-refractivity contribution < 1.29 is 0 Å². The topological polar surface area (TPSA) is 43.8 Å². The highest BCUT2D eigenvalue weighted by atomic mass is 15.2. The Balaban J connectivity index is 2.04. The molecule has 1 aliphatic rings. The van der Waals surface area contributed by atoms with Crippen LogP contribution in [0.25, 0.3) is 0 Å². The van der Waals surface area contributed by atoms with Gasteiger partial charge in [-0.05, 0) is 18.9 Å². The largest absolute Gasteiger partial charge is 0.325 e. The van der Waals surface area contributed by atoms with E-state index in [-0.39, 0.29) is 5.54 Å². The van der Waals surface area contributed by atoms with Crippen molar-refractivity contribution in [3.05, 3.63) is 18.0 Å². The molecule has 1 heterocycles. The number of rotatable bonds is 2. The number of aryl methyl sites for hydroxylation is 1. The van der Waals surface area contributed by atoms with Gasteiger partial charge in [0.25, 0.3) is 0 Å². The molecule has 0 radical (unpaired) electrons. The van der Waals surface area contributed by atoms with E-state index in [0.717, 1.165) is 25.0 Å². The van der Waals surface area contributed by atoms with Crippen LogP contribution in [-0.4, -0.2) is 15.3 Å². The quantitative estimate of drug-likeness (QED) is 0.742. The number of hydrogen-bond acceptors (Lipinski definition) is 2. The van der Waals surface area contributed by atoms with E-state index in [4.69, 9.17) is 5.73 Å². The van der Waals surface area contributed by atoms with Gasteiger partial charge in [-0.2, -0.15) is 5.10 Å². The standard InChI is InChI=1S/C10H17N3/c1-13-7-4-9(12-13)8-10(11)5-2-3-6-10/h4,7H,2-3,5-6,8,11H2,1H3. The van der Waals surface area contributed by atoms with E-state index >= 15 is 0 Å². The smallest absolute Gasteiger partial charge is 0.0642 e. The summed E-state index contributed by atoms with van der Waals surface area (Å²) in [6.07, 6.45) is 7.79. The lowest BCUT2D eigenvalue weighted by atomic mass is 9.93. The normalized spacial score (nSPS) is 20.8. The molecular weight excluding hydrogens is 162 g/mol. The summed E-state index contributed by atoms with van der Waals surface area (Å²) in [5.41, 5.74) is 7.42. The second kappa shape index (κ2) is 3.14. The Bertz CT molecular complexity index is 284. The summed E-state index contributed by atoms with van der Waals surface area (Å²) in [5.74, 6) is 0. The van der Waals surface area contributed by atoms with Crippen LogP contribution in [0.15, 0.2) is 12.3 Å². The van der Waals surface area contributed by atoms with Gasteiger partial charge in [0.2, 0.25) is 0 Å². The first kappa shape index (κ1) is 8.75. The van der Waals surface area contributed by atoms with Crippen molar-refractivity contribution in [3.8, 4) is 0 Å². The third kappa shape index (κ3) is 1.91. The lowest BCUT2D eigenvalue weighted by molar-refractivity contribution is 0.430. The number of nitrogens with zero attached hydrogens (tertiary/aromatic N) is 2. The first-order chi connectivity index (χ1) is 6.18. The van der Waals surface area contributed by atoms with Crippen LogP contribution in [0.1, 0.15) is 31.4 Å². The summed E-state index contributed by atoms with van der Waals surface area (Å²) in [4.78, 5) is 0. The highest BCUT2D eigenvalue weighted by molar-refractivity contribution is 5.06. The third-order valence-corrected chi connectivity index (χ3v) is 2.90. The van der Waals surface area contributed by atoms with Crippen molar-refractivity contribution >= 4 is 0 Å². The molecule has 13 heavy (non-hydrogen) atoms. The van der Waals surface area contributed by atoms with E-state index < -0.39 is 0 Å². The maximum Gasteiger partial charge on any atom is 0.0642 e. The minimum absolute atomic E-state index is 0.0361. The average Bonchev–Trinajstić information content (AvgIpc) is 2.62. The molecule has 1 aromatic heterocycles. The number of aromatic nitrogens is 2. The van der Waals surface area contributed by atoms with Gasteiger partial charge in [-0.1, -0.05) is 12.8 Å². The van der Waals surface area contributed by atoms with Gasteiger partial charge in [0, 0.05) is 25.2 Å². The molecule has 2 rings (SSSR count). The predicted molar refractivity (Wildman–Crippen MR) is 52.3 cm³/mol. The van der Waals surface area contributed by atoms with Crippen LogP contribution in [0.3, 0.4) is 0 Å². The van der Waals surface area contributed by atoms with E-state index in [1.807, 2.05) is 17.9 Å². The summed E-state index contributed by atoms with van der Waals surface area (Å²) < 4.78 is 1.84. The third-order valence-electron chi connectivity index (χ3n) is 2.90. The van der Waals surface area contributed by atoms with Crippen LogP contribution in [0, 0.1) is 0 Å². The van der Waals surface area contributed by atoms with Crippen LogP contribution in [-0.2, 0) is 13.5 Å². The maximum atomic E-state index is 6.25. The fourth-order valence-electron chi connectivity index (χ4n) is 2.17. The summed E-state index contributed by atoms with van der Waals surface area (Å²) in [5, 5.41) is 4.36. The average molecular weight is 179 g/mol. The monoisotopic (exact) mass is 179 g/mol. The van der Waals surface area contributed by atoms with E-state index in [1.165, 1.54) is 12.8 Å². The highest BCUT2D eigenvalue weighted by Crippen LogP contribution is 2.29. The van der Waals surface area contributed by atoms with Gasteiger partial charge in [-0.3, -0.25) is 4.68 Å². The molecule has 0 amide bonds. The molecule has 72 valence electrons. The van der Waals surface area contributed by atoms with E-state index in [0.29, 0.717) is 0 Å². The highest BCUT2D eigenvalue weighted by Gasteiger charge is 2.29. The van der Waals surface area contributed by atoms with Crippen molar-refractivity contribution in [3.63, 3.8) is 0 Å². The summed E-state index contributed by atoms with van der Waals surface area (Å²) in [7, 11) is 1.95. The summed E-state index contributed by atoms with van der Waals surface area (Å²) in [6, 6.07) is 2.06. The van der Waals surface area contributed by atoms with Crippen molar-refractivity contribution in [1.82, 2.24) is 9.78 Å². The second-order valence-corrected chi connectivity index (χ2v) is 4.23. The Hall–Kier alpha value is -0.830. The zero-order chi connectivity index (χ0) is 9.31. The lowest BCUT2D eigenvalue weighted by Crippen LogP contribution is -2.38. The molecule has 1 aliphatic carbocycles. The number of nitrogens with two attached hydrogens (primary N) is 1. The molecule has 3 heteroatoms. The Labute approximate surface area is 78.9 Å². The zero-order valence-electron chi connectivity index (χ0n) is 8.16. The Morgan fingerprint density at radius 3 is 2.77 bits per heavy atom. The van der Waals surface area contributed by atoms with Crippen molar-refractivity contribution in [2.75, 3.05) is 0 Å². The van der Waals surface area contributed by atoms with Gasteiger partial charge in [-0.15, -0.1) is 0 Å². The molecular formula is C10H17N3. The SMILES string of the molecule is Cn1ccc(CC2(N)CCCC2)n1. The molecule has 1 aromatic rings. The van der Waals surface area contributed by atoms with Crippen molar-refractivity contribution in [2.45, 2.75) is 37.6 Å². The first-order valence-corrected chi connectivity index (χ1v) is 4.95. The Morgan fingerprint density at radius 1 is 1.54 bits per heavy atom.